The minimum atomic E-state index is -0.469. The number of carbonyl (C=O) groups excluding carboxylic acids is 1. The topological polar surface area (TPSA) is 42.4 Å². The van der Waals surface area contributed by atoms with Crippen molar-refractivity contribution in [2.45, 2.75) is 6.54 Å². The molecular formula is C15H13BrClFN2O2. The number of nitrogens with zero attached hydrogens (tertiary/aromatic N) is 2. The number of hydrogen-bond donors (Lipinski definition) is 0. The Hall–Kier alpha value is -1.66. The largest absolute Gasteiger partial charge is 0.494 e. The third-order valence-electron chi connectivity index (χ3n) is 3.02. The van der Waals surface area contributed by atoms with Gasteiger partial charge in [0.2, 0.25) is 0 Å². The van der Waals surface area contributed by atoms with E-state index in [2.05, 4.69) is 20.9 Å². The van der Waals surface area contributed by atoms with Crippen LogP contribution in [0.2, 0.25) is 5.15 Å². The molecule has 0 bridgehead atoms. The fourth-order valence-electron chi connectivity index (χ4n) is 1.93. The van der Waals surface area contributed by atoms with Gasteiger partial charge >= 0.3 is 0 Å². The molecule has 0 spiro atoms. The fourth-order valence-corrected chi connectivity index (χ4v) is 2.45. The van der Waals surface area contributed by atoms with Gasteiger partial charge in [0.15, 0.2) is 11.6 Å². The van der Waals surface area contributed by atoms with Gasteiger partial charge in [-0.2, -0.15) is 0 Å². The Morgan fingerprint density at radius 1 is 1.45 bits per heavy atom. The number of methoxy groups -OCH3 is 1. The molecule has 0 aliphatic carbocycles. The molecule has 0 unspecified atom stereocenters. The highest BCUT2D eigenvalue weighted by Crippen LogP contribution is 2.22. The molecule has 2 aromatic rings. The van der Waals surface area contributed by atoms with Crippen molar-refractivity contribution in [1.82, 2.24) is 9.88 Å². The number of hydrogen-bond acceptors (Lipinski definition) is 3. The normalized spacial score (nSPS) is 10.4. The van der Waals surface area contributed by atoms with Crippen LogP contribution in [0.5, 0.6) is 5.75 Å². The summed E-state index contributed by atoms with van der Waals surface area (Å²) in [6.45, 7) is 0.239. The van der Waals surface area contributed by atoms with E-state index in [9.17, 15) is 9.18 Å². The molecule has 1 aromatic carbocycles. The molecule has 0 N–H and O–H groups in total. The van der Waals surface area contributed by atoms with E-state index in [1.54, 1.807) is 19.2 Å². The first-order valence-electron chi connectivity index (χ1n) is 6.31. The molecule has 116 valence electrons. The molecular weight excluding hydrogens is 375 g/mol. The van der Waals surface area contributed by atoms with Crippen LogP contribution in [-0.4, -0.2) is 29.9 Å². The molecule has 0 aliphatic heterocycles. The quantitative estimate of drug-likeness (QED) is 0.747. The maximum absolute atomic E-state index is 13.7. The van der Waals surface area contributed by atoms with Gasteiger partial charge in [-0.15, -0.1) is 0 Å². The van der Waals surface area contributed by atoms with Gasteiger partial charge in [-0.05, 0) is 39.7 Å². The SMILES string of the molecule is COc1ccc(CN(C)C(=O)c2cc(Br)cnc2Cl)cc1F. The van der Waals surface area contributed by atoms with Gasteiger partial charge in [0.1, 0.15) is 5.15 Å². The molecule has 22 heavy (non-hydrogen) atoms. The molecule has 1 aromatic heterocycles. The highest BCUT2D eigenvalue weighted by molar-refractivity contribution is 9.10. The molecule has 4 nitrogen and oxygen atoms in total. The monoisotopic (exact) mass is 386 g/mol. The molecule has 0 aliphatic rings. The van der Waals surface area contributed by atoms with Crippen molar-refractivity contribution in [2.24, 2.45) is 0 Å². The number of rotatable bonds is 4. The molecule has 0 radical (unpaired) electrons. The number of benzene rings is 1. The predicted octanol–water partition coefficient (Wildman–Crippen LogP) is 3.92. The summed E-state index contributed by atoms with van der Waals surface area (Å²) in [5, 5.41) is 0.126. The maximum atomic E-state index is 13.7. The summed E-state index contributed by atoms with van der Waals surface area (Å²) in [6, 6.07) is 6.16. The second-order valence-electron chi connectivity index (χ2n) is 4.62. The van der Waals surface area contributed by atoms with Crippen molar-refractivity contribution in [3.05, 3.63) is 57.0 Å². The van der Waals surface area contributed by atoms with Crippen molar-refractivity contribution in [2.75, 3.05) is 14.2 Å². The van der Waals surface area contributed by atoms with E-state index in [1.807, 2.05) is 0 Å². The molecule has 1 heterocycles. The predicted molar refractivity (Wildman–Crippen MR) is 85.7 cm³/mol. The van der Waals surface area contributed by atoms with Crippen LogP contribution in [-0.2, 0) is 6.54 Å². The minimum absolute atomic E-state index is 0.126. The zero-order valence-electron chi connectivity index (χ0n) is 11.9. The lowest BCUT2D eigenvalue weighted by Crippen LogP contribution is -2.26. The molecule has 0 saturated heterocycles. The zero-order valence-corrected chi connectivity index (χ0v) is 14.3. The van der Waals surface area contributed by atoms with E-state index >= 15 is 0 Å². The second kappa shape index (κ2) is 7.07. The van der Waals surface area contributed by atoms with E-state index < -0.39 is 5.82 Å². The van der Waals surface area contributed by atoms with Gasteiger partial charge in [0.25, 0.3) is 5.91 Å². The van der Waals surface area contributed by atoms with Crippen molar-refractivity contribution in [1.29, 1.82) is 0 Å². The van der Waals surface area contributed by atoms with Crippen LogP contribution < -0.4 is 4.74 Å². The first-order chi connectivity index (χ1) is 10.4. The van der Waals surface area contributed by atoms with E-state index in [4.69, 9.17) is 16.3 Å². The van der Waals surface area contributed by atoms with Gasteiger partial charge in [-0.1, -0.05) is 17.7 Å². The summed E-state index contributed by atoms with van der Waals surface area (Å²) >= 11 is 9.20. The van der Waals surface area contributed by atoms with Crippen molar-refractivity contribution in [3.63, 3.8) is 0 Å². The van der Waals surface area contributed by atoms with E-state index in [0.29, 0.717) is 10.0 Å². The summed E-state index contributed by atoms with van der Waals surface area (Å²) in [4.78, 5) is 17.8. The number of carbonyl (C=O) groups is 1. The van der Waals surface area contributed by atoms with E-state index in [1.165, 1.54) is 30.3 Å². The summed E-state index contributed by atoms with van der Waals surface area (Å²) in [7, 11) is 3.01. The lowest BCUT2D eigenvalue weighted by molar-refractivity contribution is 0.0784. The Morgan fingerprint density at radius 3 is 2.82 bits per heavy atom. The number of amides is 1. The Labute approximate surface area is 141 Å². The Balaban J connectivity index is 2.18. The van der Waals surface area contributed by atoms with Gasteiger partial charge in [0.05, 0.1) is 12.7 Å². The van der Waals surface area contributed by atoms with Crippen molar-refractivity contribution < 1.29 is 13.9 Å². The molecule has 1 amide bonds. The van der Waals surface area contributed by atoms with Crippen LogP contribution >= 0.6 is 27.5 Å². The first kappa shape index (κ1) is 16.7. The summed E-state index contributed by atoms with van der Waals surface area (Å²) < 4.78 is 19.2. The Kier molecular flexibility index (Phi) is 5.37. The van der Waals surface area contributed by atoms with Crippen LogP contribution in [0.15, 0.2) is 34.9 Å². The first-order valence-corrected chi connectivity index (χ1v) is 7.48. The lowest BCUT2D eigenvalue weighted by Gasteiger charge is -2.18. The number of pyridine rings is 1. The van der Waals surface area contributed by atoms with Crippen LogP contribution in [0.3, 0.4) is 0 Å². The average Bonchev–Trinajstić information content (AvgIpc) is 2.49. The summed E-state index contributed by atoms with van der Waals surface area (Å²) in [6.07, 6.45) is 1.51. The van der Waals surface area contributed by atoms with Gasteiger partial charge in [-0.25, -0.2) is 9.37 Å². The maximum Gasteiger partial charge on any atom is 0.257 e. The highest BCUT2D eigenvalue weighted by Gasteiger charge is 2.17. The number of aromatic nitrogens is 1. The van der Waals surface area contributed by atoms with Crippen molar-refractivity contribution in [3.8, 4) is 5.75 Å². The van der Waals surface area contributed by atoms with Crippen LogP contribution in [0.4, 0.5) is 4.39 Å². The average molecular weight is 388 g/mol. The van der Waals surface area contributed by atoms with Crippen LogP contribution in [0.1, 0.15) is 15.9 Å². The molecule has 7 heteroatoms. The van der Waals surface area contributed by atoms with Gasteiger partial charge in [-0.3, -0.25) is 4.79 Å². The number of halogens is 3. The molecule has 2 rings (SSSR count). The summed E-state index contributed by atoms with van der Waals surface area (Å²) in [5.74, 6) is -0.602. The third kappa shape index (κ3) is 3.75. The molecule has 0 atom stereocenters. The van der Waals surface area contributed by atoms with E-state index in [-0.39, 0.29) is 28.9 Å². The highest BCUT2D eigenvalue weighted by atomic mass is 79.9. The Morgan fingerprint density at radius 2 is 2.18 bits per heavy atom. The lowest BCUT2D eigenvalue weighted by atomic mass is 10.2. The molecule has 0 saturated carbocycles. The molecule has 0 fully saturated rings. The van der Waals surface area contributed by atoms with Crippen LogP contribution in [0, 0.1) is 5.82 Å². The summed E-state index contributed by atoms with van der Waals surface area (Å²) in [5.41, 5.74) is 0.931. The number of ether oxygens (including phenoxy) is 1. The smallest absolute Gasteiger partial charge is 0.257 e. The second-order valence-corrected chi connectivity index (χ2v) is 5.90. The van der Waals surface area contributed by atoms with Crippen LogP contribution in [0.25, 0.3) is 0 Å². The zero-order chi connectivity index (χ0) is 16.3. The Bertz CT molecular complexity index is 712. The standard InChI is InChI=1S/C15H13BrClFN2O2/c1-20(8-9-3-4-13(22-2)12(18)5-9)15(21)11-6-10(16)7-19-14(11)17/h3-7H,8H2,1-2H3. The fraction of sp³-hybridized carbons (Fsp3) is 0.200. The third-order valence-corrected chi connectivity index (χ3v) is 3.75. The van der Waals surface area contributed by atoms with Crippen molar-refractivity contribution >= 4 is 33.4 Å². The van der Waals surface area contributed by atoms with E-state index in [0.717, 1.165) is 0 Å². The van der Waals surface area contributed by atoms with Gasteiger partial charge in [0, 0.05) is 24.3 Å². The minimum Gasteiger partial charge on any atom is -0.494 e. The van der Waals surface area contributed by atoms with Gasteiger partial charge < -0.3 is 9.64 Å².